The van der Waals surface area contributed by atoms with E-state index in [4.69, 9.17) is 28.9 Å². The zero-order chi connectivity index (χ0) is 24.2. The van der Waals surface area contributed by atoms with Crippen molar-refractivity contribution in [2.24, 2.45) is 0 Å². The number of hydrogen-bond donors (Lipinski definition) is 2. The number of nitrogens with two attached hydrogens (primary N) is 1. The Morgan fingerprint density at radius 2 is 1.62 bits per heavy atom. The van der Waals surface area contributed by atoms with Crippen LogP contribution in [0.4, 0.5) is 11.5 Å². The third-order valence-corrected chi connectivity index (χ3v) is 5.83. The molecule has 0 saturated heterocycles. The molecule has 0 radical (unpaired) electrons. The Balaban J connectivity index is 1.86. The molecule has 0 aliphatic carbocycles. The van der Waals surface area contributed by atoms with Gasteiger partial charge in [0.15, 0.2) is 5.69 Å². The first-order chi connectivity index (χ1) is 16.3. The molecule has 2 aromatic carbocycles. The summed E-state index contributed by atoms with van der Waals surface area (Å²) < 4.78 is 1.21. The van der Waals surface area contributed by atoms with Gasteiger partial charge in [-0.05, 0) is 17.2 Å². The predicted molar refractivity (Wildman–Crippen MR) is 132 cm³/mol. The van der Waals surface area contributed by atoms with Crippen LogP contribution >= 0.6 is 23.2 Å². The van der Waals surface area contributed by atoms with Crippen molar-refractivity contribution in [3.8, 4) is 0 Å². The lowest BCUT2D eigenvalue weighted by Gasteiger charge is -2.25. The lowest BCUT2D eigenvalue weighted by atomic mass is 10.1. The zero-order valence-corrected chi connectivity index (χ0v) is 19.3. The highest BCUT2D eigenvalue weighted by Gasteiger charge is 2.26. The summed E-state index contributed by atoms with van der Waals surface area (Å²) >= 11 is 12.0. The van der Waals surface area contributed by atoms with Crippen LogP contribution in [-0.4, -0.2) is 20.4 Å². The molecule has 0 aliphatic heterocycles. The zero-order valence-electron chi connectivity index (χ0n) is 17.7. The van der Waals surface area contributed by atoms with E-state index in [2.05, 4.69) is 9.97 Å². The largest absolute Gasteiger partial charge is 0.383 e. The number of benzene rings is 2. The van der Waals surface area contributed by atoms with Gasteiger partial charge in [-0.15, -0.1) is 0 Å². The van der Waals surface area contributed by atoms with Crippen molar-refractivity contribution in [3.63, 3.8) is 0 Å². The summed E-state index contributed by atoms with van der Waals surface area (Å²) in [6, 6.07) is 19.6. The number of rotatable bonds is 6. The quantitative estimate of drug-likeness (QED) is 0.395. The number of H-pyrrole nitrogens is 1. The number of aromatic nitrogens is 3. The maximum atomic E-state index is 13.6. The minimum atomic E-state index is -0.788. The molecule has 2 heterocycles. The molecule has 0 saturated carbocycles. The van der Waals surface area contributed by atoms with E-state index in [0.29, 0.717) is 0 Å². The molecule has 34 heavy (non-hydrogen) atoms. The number of amides is 1. The Kier molecular flexibility index (Phi) is 6.81. The van der Waals surface area contributed by atoms with E-state index in [1.165, 1.54) is 21.7 Å². The number of pyridine rings is 1. The topological polar surface area (TPSA) is 114 Å². The third kappa shape index (κ3) is 4.88. The average Bonchev–Trinajstić information content (AvgIpc) is 2.83. The highest BCUT2D eigenvalue weighted by molar-refractivity contribution is 6.41. The van der Waals surface area contributed by atoms with Gasteiger partial charge in [0.25, 0.3) is 11.5 Å². The van der Waals surface area contributed by atoms with E-state index in [1.54, 1.807) is 12.1 Å². The van der Waals surface area contributed by atoms with Crippen LogP contribution in [0.2, 0.25) is 10.2 Å². The van der Waals surface area contributed by atoms with Crippen LogP contribution in [-0.2, 0) is 13.1 Å². The summed E-state index contributed by atoms with van der Waals surface area (Å²) in [7, 11) is 0. The summed E-state index contributed by atoms with van der Waals surface area (Å²) in [5.41, 5.74) is 6.35. The van der Waals surface area contributed by atoms with Gasteiger partial charge in [-0.1, -0.05) is 83.9 Å². The van der Waals surface area contributed by atoms with Crippen molar-refractivity contribution >= 4 is 40.6 Å². The molecule has 10 heteroatoms. The Morgan fingerprint density at radius 1 is 1.00 bits per heavy atom. The minimum Gasteiger partial charge on any atom is -0.383 e. The number of aromatic amines is 1. The van der Waals surface area contributed by atoms with Gasteiger partial charge in [-0.2, -0.15) is 0 Å². The van der Waals surface area contributed by atoms with Crippen molar-refractivity contribution in [2.45, 2.75) is 13.1 Å². The maximum Gasteiger partial charge on any atom is 0.330 e. The number of carbonyl (C=O) groups is 1. The number of anilines is 2. The van der Waals surface area contributed by atoms with Crippen molar-refractivity contribution in [3.05, 3.63) is 121 Å². The molecule has 0 unspecified atom stereocenters. The monoisotopic (exact) mass is 495 g/mol. The predicted octanol–water partition coefficient (Wildman–Crippen LogP) is 3.72. The van der Waals surface area contributed by atoms with Gasteiger partial charge >= 0.3 is 5.69 Å². The minimum absolute atomic E-state index is 0.0107. The van der Waals surface area contributed by atoms with E-state index in [0.717, 1.165) is 11.1 Å². The first kappa shape index (κ1) is 23.3. The van der Waals surface area contributed by atoms with Crippen LogP contribution < -0.4 is 21.9 Å². The van der Waals surface area contributed by atoms with Crippen LogP contribution in [0.25, 0.3) is 0 Å². The molecule has 0 aliphatic rings. The molecular weight excluding hydrogens is 477 g/mol. The Bertz CT molecular complexity index is 1450. The van der Waals surface area contributed by atoms with Crippen LogP contribution in [0.1, 0.15) is 21.5 Å². The van der Waals surface area contributed by atoms with E-state index >= 15 is 0 Å². The smallest absolute Gasteiger partial charge is 0.330 e. The van der Waals surface area contributed by atoms with Gasteiger partial charge in [-0.3, -0.25) is 24.0 Å². The van der Waals surface area contributed by atoms with Crippen LogP contribution in [0, 0.1) is 0 Å². The Morgan fingerprint density at radius 3 is 2.24 bits per heavy atom. The van der Waals surface area contributed by atoms with Crippen molar-refractivity contribution in [1.82, 2.24) is 14.5 Å². The molecule has 0 atom stereocenters. The number of halogens is 2. The second-order valence-electron chi connectivity index (χ2n) is 7.44. The molecule has 0 fully saturated rings. The number of carbonyl (C=O) groups excluding carboxylic acids is 1. The summed E-state index contributed by atoms with van der Waals surface area (Å²) in [5.74, 6) is -0.730. The van der Waals surface area contributed by atoms with Crippen LogP contribution in [0.3, 0.4) is 0 Å². The number of nitrogen functional groups attached to an aromatic ring is 1. The molecule has 2 aromatic heterocycles. The molecule has 8 nitrogen and oxygen atoms in total. The second-order valence-corrected chi connectivity index (χ2v) is 8.20. The lowest BCUT2D eigenvalue weighted by molar-refractivity contribution is 0.0984. The number of hydrogen-bond acceptors (Lipinski definition) is 5. The first-order valence-electron chi connectivity index (χ1n) is 10.2. The Hall–Kier alpha value is -3.88. The molecular formula is C24H19Cl2N5O3. The summed E-state index contributed by atoms with van der Waals surface area (Å²) in [4.78, 5) is 46.5. The molecule has 4 aromatic rings. The molecule has 0 spiro atoms. The third-order valence-electron chi connectivity index (χ3n) is 5.14. The summed E-state index contributed by atoms with van der Waals surface area (Å²) in [5, 5.41) is 0.129. The van der Waals surface area contributed by atoms with Crippen LogP contribution in [0.5, 0.6) is 0 Å². The molecule has 172 valence electrons. The number of nitrogens with zero attached hydrogens (tertiary/aromatic N) is 3. The van der Waals surface area contributed by atoms with Crippen LogP contribution in [0.15, 0.2) is 82.5 Å². The highest BCUT2D eigenvalue weighted by Crippen LogP contribution is 2.25. The fraction of sp³-hybridized carbons (Fsp3) is 0.0833. The van der Waals surface area contributed by atoms with Gasteiger partial charge in [0.1, 0.15) is 11.0 Å². The summed E-state index contributed by atoms with van der Waals surface area (Å²) in [6.07, 6.45) is 1.26. The van der Waals surface area contributed by atoms with E-state index in [1.807, 2.05) is 48.5 Å². The molecule has 4 rings (SSSR count). The average molecular weight is 496 g/mol. The lowest BCUT2D eigenvalue weighted by Crippen LogP contribution is -2.41. The standard InChI is InChI=1S/C24H19Cl2N5O3/c25-18-11-17(12-28-20(18)26)23(33)30(13-15-7-3-1-4-8-15)19-21(27)31(24(34)29-22(19)32)14-16-9-5-2-6-10-16/h1-12H,13-14,27H2,(H,29,32,34). The molecule has 0 bridgehead atoms. The van der Waals surface area contributed by atoms with E-state index in [-0.39, 0.29) is 40.3 Å². The highest BCUT2D eigenvalue weighted by atomic mass is 35.5. The van der Waals surface area contributed by atoms with Crippen molar-refractivity contribution in [2.75, 3.05) is 10.6 Å². The fourth-order valence-electron chi connectivity index (χ4n) is 3.47. The second kappa shape index (κ2) is 9.94. The normalized spacial score (nSPS) is 10.8. The summed E-state index contributed by atoms with van der Waals surface area (Å²) in [6.45, 7) is 0.119. The van der Waals surface area contributed by atoms with E-state index < -0.39 is 17.2 Å². The van der Waals surface area contributed by atoms with Gasteiger partial charge in [0.05, 0.1) is 23.7 Å². The van der Waals surface area contributed by atoms with E-state index in [9.17, 15) is 14.4 Å². The van der Waals surface area contributed by atoms with Crippen molar-refractivity contribution < 1.29 is 4.79 Å². The molecule has 3 N–H and O–H groups in total. The van der Waals surface area contributed by atoms with Gasteiger partial charge in [-0.25, -0.2) is 9.78 Å². The number of nitrogens with one attached hydrogen (secondary N) is 1. The van der Waals surface area contributed by atoms with Gasteiger partial charge in [0, 0.05) is 6.20 Å². The first-order valence-corrected chi connectivity index (χ1v) is 10.9. The Labute approximate surface area is 204 Å². The fourth-order valence-corrected chi connectivity index (χ4v) is 3.74. The molecule has 1 amide bonds. The van der Waals surface area contributed by atoms with Gasteiger partial charge in [0.2, 0.25) is 0 Å². The van der Waals surface area contributed by atoms with Crippen molar-refractivity contribution in [1.29, 1.82) is 0 Å². The van der Waals surface area contributed by atoms with Gasteiger partial charge < -0.3 is 5.73 Å². The SMILES string of the molecule is Nc1c(N(Cc2ccccc2)C(=O)c2cnc(Cl)c(Cl)c2)c(=O)[nH]c(=O)n1Cc1ccccc1. The maximum absolute atomic E-state index is 13.6.